The van der Waals surface area contributed by atoms with Gasteiger partial charge in [0.05, 0.1) is 5.60 Å². The van der Waals surface area contributed by atoms with E-state index in [4.69, 9.17) is 0 Å². The third-order valence-electron chi connectivity index (χ3n) is 6.49. The number of rotatable bonds is 0. The van der Waals surface area contributed by atoms with Crippen LogP contribution in [-0.2, 0) is 0 Å². The molecule has 6 atom stereocenters. The quantitative estimate of drug-likeness (QED) is 0.671. The topological polar surface area (TPSA) is 20.2 Å². The maximum Gasteiger partial charge on any atom is 0.0656 e. The molecule has 3 aliphatic rings. The van der Waals surface area contributed by atoms with Crippen molar-refractivity contribution in [2.24, 2.45) is 28.6 Å². The van der Waals surface area contributed by atoms with E-state index in [2.05, 4.69) is 43.6 Å². The van der Waals surface area contributed by atoms with Gasteiger partial charge in [0.2, 0.25) is 0 Å². The van der Waals surface area contributed by atoms with Gasteiger partial charge in [-0.3, -0.25) is 0 Å². The summed E-state index contributed by atoms with van der Waals surface area (Å²) in [5, 5.41) is 10.9. The van der Waals surface area contributed by atoms with Crippen molar-refractivity contribution in [2.75, 3.05) is 0 Å². The Hall–Kier alpha value is 0.440. The van der Waals surface area contributed by atoms with Crippen LogP contribution in [0, 0.1) is 28.6 Å². The molecular weight excluding hydrogens is 276 g/mol. The minimum atomic E-state index is -0.448. The van der Waals surface area contributed by atoms with E-state index in [9.17, 15) is 5.11 Å². The highest BCUT2D eigenvalue weighted by Gasteiger charge is 2.71. The van der Waals surface area contributed by atoms with Crippen molar-refractivity contribution in [1.82, 2.24) is 0 Å². The third-order valence-corrected chi connectivity index (χ3v) is 8.00. The van der Waals surface area contributed by atoms with Gasteiger partial charge in [-0.1, -0.05) is 36.7 Å². The molecule has 0 saturated heterocycles. The molecule has 0 aromatic carbocycles. The Balaban J connectivity index is 2.01. The molecule has 3 aliphatic carbocycles. The summed E-state index contributed by atoms with van der Waals surface area (Å²) < 4.78 is 0. The van der Waals surface area contributed by atoms with Crippen LogP contribution < -0.4 is 0 Å². The van der Waals surface area contributed by atoms with Crippen molar-refractivity contribution < 1.29 is 5.11 Å². The molecule has 0 aromatic rings. The van der Waals surface area contributed by atoms with E-state index < -0.39 is 5.60 Å². The molecule has 0 aromatic heterocycles. The summed E-state index contributed by atoms with van der Waals surface area (Å²) >= 11 is 3.91. The minimum Gasteiger partial charge on any atom is -0.390 e. The smallest absolute Gasteiger partial charge is 0.0656 e. The Bertz CT molecular complexity index is 349. The zero-order valence-electron chi connectivity index (χ0n) is 11.5. The second-order valence-electron chi connectivity index (χ2n) is 7.84. The first kappa shape index (κ1) is 12.5. The average Bonchev–Trinajstić information content (AvgIpc) is 2.75. The highest BCUT2D eigenvalue weighted by molar-refractivity contribution is 9.09. The van der Waals surface area contributed by atoms with E-state index in [1.54, 1.807) is 0 Å². The molecule has 0 heterocycles. The summed E-state index contributed by atoms with van der Waals surface area (Å²) in [5.41, 5.74) is 0.323. The molecule has 1 nitrogen and oxygen atoms in total. The SMILES string of the molecule is CC1(C)C2CC[C@@]3(C)[C@H](Br)CC[C@@](C)(O)[C@@H]3C21. The first-order chi connectivity index (χ1) is 7.71. The fourth-order valence-electron chi connectivity index (χ4n) is 5.38. The maximum absolute atomic E-state index is 10.9. The lowest BCUT2D eigenvalue weighted by Crippen LogP contribution is -2.55. The second-order valence-corrected chi connectivity index (χ2v) is 8.94. The molecule has 0 radical (unpaired) electrons. The van der Waals surface area contributed by atoms with Crippen LogP contribution in [0.15, 0.2) is 0 Å². The lowest BCUT2D eigenvalue weighted by atomic mass is 9.55. The number of alkyl halides is 1. The summed E-state index contributed by atoms with van der Waals surface area (Å²) in [4.78, 5) is 0.595. The zero-order chi connectivity index (χ0) is 12.6. The van der Waals surface area contributed by atoms with Gasteiger partial charge in [-0.15, -0.1) is 0 Å². The van der Waals surface area contributed by atoms with Gasteiger partial charge in [0.25, 0.3) is 0 Å². The van der Waals surface area contributed by atoms with Crippen LogP contribution in [0.3, 0.4) is 0 Å². The Morgan fingerprint density at radius 1 is 1.06 bits per heavy atom. The Morgan fingerprint density at radius 2 is 1.71 bits per heavy atom. The molecule has 3 fully saturated rings. The van der Waals surface area contributed by atoms with Crippen molar-refractivity contribution in [2.45, 2.75) is 63.8 Å². The molecule has 1 N–H and O–H groups in total. The molecule has 0 spiro atoms. The average molecular weight is 301 g/mol. The van der Waals surface area contributed by atoms with E-state index >= 15 is 0 Å². The lowest BCUT2D eigenvalue weighted by Gasteiger charge is -2.55. The fourth-order valence-corrected chi connectivity index (χ4v) is 6.13. The number of hydrogen-bond donors (Lipinski definition) is 1. The summed E-state index contributed by atoms with van der Waals surface area (Å²) in [6.45, 7) is 9.31. The molecule has 3 saturated carbocycles. The molecule has 17 heavy (non-hydrogen) atoms. The van der Waals surface area contributed by atoms with E-state index in [-0.39, 0.29) is 0 Å². The molecule has 98 valence electrons. The van der Waals surface area contributed by atoms with Crippen LogP contribution in [0.1, 0.15) is 53.4 Å². The number of hydrogen-bond acceptors (Lipinski definition) is 1. The zero-order valence-corrected chi connectivity index (χ0v) is 13.0. The predicted molar refractivity (Wildman–Crippen MR) is 74.2 cm³/mol. The van der Waals surface area contributed by atoms with Crippen molar-refractivity contribution in [3.05, 3.63) is 0 Å². The molecule has 0 amide bonds. The molecular formula is C15H25BrO. The fraction of sp³-hybridized carbons (Fsp3) is 1.00. The van der Waals surface area contributed by atoms with E-state index in [0.717, 1.165) is 24.7 Å². The first-order valence-corrected chi connectivity index (χ1v) is 7.99. The van der Waals surface area contributed by atoms with E-state index in [0.29, 0.717) is 21.6 Å². The van der Waals surface area contributed by atoms with E-state index in [1.165, 1.54) is 12.8 Å². The molecule has 2 heteroatoms. The predicted octanol–water partition coefficient (Wildman–Crippen LogP) is 3.98. The van der Waals surface area contributed by atoms with Crippen molar-refractivity contribution >= 4 is 15.9 Å². The van der Waals surface area contributed by atoms with Crippen molar-refractivity contribution in [3.63, 3.8) is 0 Å². The van der Waals surface area contributed by atoms with Gasteiger partial charge in [-0.05, 0) is 61.2 Å². The van der Waals surface area contributed by atoms with Crippen LogP contribution in [0.25, 0.3) is 0 Å². The summed E-state index contributed by atoms with van der Waals surface area (Å²) in [6.07, 6.45) is 4.73. The Labute approximate surface area is 113 Å². The van der Waals surface area contributed by atoms with Crippen LogP contribution in [0.2, 0.25) is 0 Å². The molecule has 0 aliphatic heterocycles. The summed E-state index contributed by atoms with van der Waals surface area (Å²) in [7, 11) is 0. The monoisotopic (exact) mass is 300 g/mol. The highest BCUT2D eigenvalue weighted by atomic mass is 79.9. The number of aliphatic hydroxyl groups is 1. The first-order valence-electron chi connectivity index (χ1n) is 7.08. The van der Waals surface area contributed by atoms with E-state index in [1.807, 2.05) is 0 Å². The Morgan fingerprint density at radius 3 is 2.35 bits per heavy atom. The maximum atomic E-state index is 10.9. The van der Waals surface area contributed by atoms with Gasteiger partial charge in [0.15, 0.2) is 0 Å². The molecule has 0 bridgehead atoms. The van der Waals surface area contributed by atoms with Crippen molar-refractivity contribution in [3.8, 4) is 0 Å². The highest BCUT2D eigenvalue weighted by Crippen LogP contribution is 2.74. The van der Waals surface area contributed by atoms with Crippen LogP contribution in [0.5, 0.6) is 0 Å². The summed E-state index contributed by atoms with van der Waals surface area (Å²) in [6, 6.07) is 0. The van der Waals surface area contributed by atoms with Crippen LogP contribution in [-0.4, -0.2) is 15.5 Å². The standard InChI is InChI=1S/C15H25BrO/c1-13(2)9-5-7-14(3)10(16)6-8-15(4,17)12(14)11(9)13/h9-12,17H,5-8H2,1-4H3/t9?,10-,11?,12-,14+,15-/m1/s1. The second kappa shape index (κ2) is 3.30. The van der Waals surface area contributed by atoms with Crippen molar-refractivity contribution in [1.29, 1.82) is 0 Å². The minimum absolute atomic E-state index is 0.302. The summed E-state index contributed by atoms with van der Waals surface area (Å²) in [5.74, 6) is 2.10. The largest absolute Gasteiger partial charge is 0.390 e. The van der Waals surface area contributed by atoms with Crippen LogP contribution in [0.4, 0.5) is 0 Å². The van der Waals surface area contributed by atoms with Gasteiger partial charge in [-0.25, -0.2) is 0 Å². The van der Waals surface area contributed by atoms with Crippen LogP contribution >= 0.6 is 15.9 Å². The molecule has 2 unspecified atom stereocenters. The van der Waals surface area contributed by atoms with Gasteiger partial charge in [0.1, 0.15) is 0 Å². The van der Waals surface area contributed by atoms with Gasteiger partial charge in [0, 0.05) is 4.83 Å². The lowest BCUT2D eigenvalue weighted by molar-refractivity contribution is -0.118. The third kappa shape index (κ3) is 1.46. The van der Waals surface area contributed by atoms with Gasteiger partial charge in [-0.2, -0.15) is 0 Å². The van der Waals surface area contributed by atoms with Gasteiger partial charge < -0.3 is 5.11 Å². The number of halogens is 1. The molecule has 3 rings (SSSR count). The normalized spacial score (nSPS) is 60.4. The number of fused-ring (bicyclic) bond motifs is 3. The Kier molecular flexibility index (Phi) is 2.42. The van der Waals surface area contributed by atoms with Gasteiger partial charge >= 0.3 is 0 Å².